The zero-order chi connectivity index (χ0) is 13.4. The molecule has 0 aromatic heterocycles. The molecule has 4 nitrogen and oxygen atoms in total. The van der Waals surface area contributed by atoms with Crippen molar-refractivity contribution in [3.63, 3.8) is 0 Å². The third-order valence-electron chi connectivity index (χ3n) is 1.98. The van der Waals surface area contributed by atoms with E-state index in [4.69, 9.17) is 9.47 Å². The van der Waals surface area contributed by atoms with Gasteiger partial charge in [0.2, 0.25) is 0 Å². The SMILES string of the molecule is CCOC(=O)/C=C/COc1cc(Br)ccc1C=O. The second-order valence-corrected chi connectivity index (χ2v) is 4.18. The van der Waals surface area contributed by atoms with Crippen LogP contribution in [0.4, 0.5) is 0 Å². The van der Waals surface area contributed by atoms with Crippen molar-refractivity contribution in [2.45, 2.75) is 6.92 Å². The average Bonchev–Trinajstić information content (AvgIpc) is 2.35. The lowest BCUT2D eigenvalue weighted by molar-refractivity contribution is -0.137. The van der Waals surface area contributed by atoms with Gasteiger partial charge in [0.05, 0.1) is 12.2 Å². The van der Waals surface area contributed by atoms with Gasteiger partial charge in [-0.25, -0.2) is 4.79 Å². The molecule has 0 bridgehead atoms. The molecule has 0 atom stereocenters. The van der Waals surface area contributed by atoms with Gasteiger partial charge in [0.15, 0.2) is 6.29 Å². The highest BCUT2D eigenvalue weighted by atomic mass is 79.9. The van der Waals surface area contributed by atoms with Gasteiger partial charge in [0.1, 0.15) is 12.4 Å². The van der Waals surface area contributed by atoms with Gasteiger partial charge in [-0.15, -0.1) is 0 Å². The summed E-state index contributed by atoms with van der Waals surface area (Å²) in [6.07, 6.45) is 3.55. The van der Waals surface area contributed by atoms with Gasteiger partial charge >= 0.3 is 5.97 Å². The second kappa shape index (κ2) is 7.66. The number of aldehydes is 1. The predicted molar refractivity (Wildman–Crippen MR) is 70.8 cm³/mol. The number of carbonyl (C=O) groups is 2. The van der Waals surface area contributed by atoms with Crippen LogP contribution >= 0.6 is 15.9 Å². The molecule has 0 N–H and O–H groups in total. The highest BCUT2D eigenvalue weighted by Crippen LogP contribution is 2.22. The highest BCUT2D eigenvalue weighted by Gasteiger charge is 2.02. The van der Waals surface area contributed by atoms with Gasteiger partial charge < -0.3 is 9.47 Å². The van der Waals surface area contributed by atoms with Crippen LogP contribution in [0.3, 0.4) is 0 Å². The van der Waals surface area contributed by atoms with Crippen molar-refractivity contribution >= 4 is 28.2 Å². The molecule has 0 aliphatic carbocycles. The van der Waals surface area contributed by atoms with E-state index in [-0.39, 0.29) is 6.61 Å². The normalized spacial score (nSPS) is 10.3. The minimum atomic E-state index is -0.411. The van der Waals surface area contributed by atoms with Gasteiger partial charge in [-0.05, 0) is 31.2 Å². The maximum atomic E-state index is 11.0. The first-order valence-corrected chi connectivity index (χ1v) is 6.17. The average molecular weight is 313 g/mol. The fourth-order valence-corrected chi connectivity index (χ4v) is 1.54. The molecule has 0 heterocycles. The van der Waals surface area contributed by atoms with E-state index in [0.717, 1.165) is 10.8 Å². The molecule has 0 unspecified atom stereocenters. The quantitative estimate of drug-likeness (QED) is 0.460. The summed E-state index contributed by atoms with van der Waals surface area (Å²) in [4.78, 5) is 21.8. The Labute approximate surface area is 114 Å². The summed E-state index contributed by atoms with van der Waals surface area (Å²) in [5.41, 5.74) is 0.461. The number of hydrogen-bond acceptors (Lipinski definition) is 4. The van der Waals surface area contributed by atoms with E-state index < -0.39 is 5.97 Å². The molecule has 0 saturated heterocycles. The lowest BCUT2D eigenvalue weighted by Gasteiger charge is -2.06. The lowest BCUT2D eigenvalue weighted by Crippen LogP contribution is -2.01. The molecule has 0 saturated carbocycles. The molecule has 0 fully saturated rings. The Morgan fingerprint density at radius 2 is 2.22 bits per heavy atom. The van der Waals surface area contributed by atoms with Crippen LogP contribution in [0.25, 0.3) is 0 Å². The second-order valence-electron chi connectivity index (χ2n) is 3.27. The smallest absolute Gasteiger partial charge is 0.330 e. The molecule has 0 amide bonds. The van der Waals surface area contributed by atoms with Crippen LogP contribution in [0, 0.1) is 0 Å². The largest absolute Gasteiger partial charge is 0.489 e. The third-order valence-corrected chi connectivity index (χ3v) is 2.47. The topological polar surface area (TPSA) is 52.6 Å². The van der Waals surface area contributed by atoms with Crippen molar-refractivity contribution in [3.8, 4) is 5.75 Å². The predicted octanol–water partition coefficient (Wildman–Crippen LogP) is 2.76. The van der Waals surface area contributed by atoms with Gasteiger partial charge in [-0.1, -0.05) is 15.9 Å². The first-order valence-electron chi connectivity index (χ1n) is 5.38. The van der Waals surface area contributed by atoms with E-state index in [0.29, 0.717) is 17.9 Å². The minimum Gasteiger partial charge on any atom is -0.489 e. The molecule has 0 spiro atoms. The number of halogens is 1. The zero-order valence-corrected chi connectivity index (χ0v) is 11.5. The monoisotopic (exact) mass is 312 g/mol. The zero-order valence-electron chi connectivity index (χ0n) is 9.89. The van der Waals surface area contributed by atoms with Crippen LogP contribution in [0.15, 0.2) is 34.8 Å². The maximum Gasteiger partial charge on any atom is 0.330 e. The van der Waals surface area contributed by atoms with E-state index in [1.165, 1.54) is 12.2 Å². The summed E-state index contributed by atoms with van der Waals surface area (Å²) < 4.78 is 10.9. The summed E-state index contributed by atoms with van der Waals surface area (Å²) >= 11 is 3.29. The van der Waals surface area contributed by atoms with Crippen LogP contribution in [0.1, 0.15) is 17.3 Å². The Balaban J connectivity index is 2.55. The third kappa shape index (κ3) is 4.71. The first kappa shape index (κ1) is 14.4. The summed E-state index contributed by atoms with van der Waals surface area (Å²) in [7, 11) is 0. The number of esters is 1. The van der Waals surface area contributed by atoms with Gasteiger partial charge in [-0.2, -0.15) is 0 Å². The van der Waals surface area contributed by atoms with Crippen LogP contribution in [-0.2, 0) is 9.53 Å². The van der Waals surface area contributed by atoms with Crippen molar-refractivity contribution in [1.82, 2.24) is 0 Å². The van der Waals surface area contributed by atoms with Crippen LogP contribution in [0.2, 0.25) is 0 Å². The molecular weight excluding hydrogens is 300 g/mol. The fourth-order valence-electron chi connectivity index (χ4n) is 1.20. The number of ether oxygens (including phenoxy) is 2. The molecule has 0 radical (unpaired) electrons. The number of carbonyl (C=O) groups excluding carboxylic acids is 2. The van der Waals surface area contributed by atoms with E-state index in [1.54, 1.807) is 25.1 Å². The molecule has 0 aliphatic heterocycles. The number of hydrogen-bond donors (Lipinski definition) is 0. The van der Waals surface area contributed by atoms with Gasteiger partial charge in [0.25, 0.3) is 0 Å². The standard InChI is InChI=1S/C13H13BrO4/c1-2-17-13(16)4-3-7-18-12-8-11(14)6-5-10(12)9-15/h3-6,8-9H,2,7H2,1H3/b4-3+. The molecule has 18 heavy (non-hydrogen) atoms. The van der Waals surface area contributed by atoms with Crippen molar-refractivity contribution in [2.24, 2.45) is 0 Å². The van der Waals surface area contributed by atoms with E-state index >= 15 is 0 Å². The maximum absolute atomic E-state index is 11.0. The Morgan fingerprint density at radius 3 is 2.89 bits per heavy atom. The highest BCUT2D eigenvalue weighted by molar-refractivity contribution is 9.10. The number of rotatable bonds is 6. The lowest BCUT2D eigenvalue weighted by atomic mass is 10.2. The summed E-state index contributed by atoms with van der Waals surface area (Å²) in [6.45, 7) is 2.27. The minimum absolute atomic E-state index is 0.191. The van der Waals surface area contributed by atoms with Crippen molar-refractivity contribution in [3.05, 3.63) is 40.4 Å². The van der Waals surface area contributed by atoms with Crippen LogP contribution in [-0.4, -0.2) is 25.5 Å². The van der Waals surface area contributed by atoms with Crippen molar-refractivity contribution < 1.29 is 19.1 Å². The summed E-state index contributed by atoms with van der Waals surface area (Å²) in [5.74, 6) is 0.0545. The fraction of sp³-hybridized carbons (Fsp3) is 0.231. The Hall–Kier alpha value is -1.62. The van der Waals surface area contributed by atoms with E-state index in [2.05, 4.69) is 15.9 Å². The number of benzene rings is 1. The van der Waals surface area contributed by atoms with Crippen LogP contribution in [0.5, 0.6) is 5.75 Å². The van der Waals surface area contributed by atoms with E-state index in [1.807, 2.05) is 0 Å². The molecule has 5 heteroatoms. The Bertz CT molecular complexity index is 454. The molecular formula is C13H13BrO4. The molecule has 1 aromatic carbocycles. The first-order chi connectivity index (χ1) is 8.67. The molecule has 1 rings (SSSR count). The summed E-state index contributed by atoms with van der Waals surface area (Å²) in [5, 5.41) is 0. The Kier molecular flexibility index (Phi) is 6.14. The summed E-state index contributed by atoms with van der Waals surface area (Å²) in [6, 6.07) is 5.11. The van der Waals surface area contributed by atoms with Crippen molar-refractivity contribution in [1.29, 1.82) is 0 Å². The van der Waals surface area contributed by atoms with Gasteiger partial charge in [0, 0.05) is 10.5 Å². The van der Waals surface area contributed by atoms with Crippen LogP contribution < -0.4 is 4.74 Å². The van der Waals surface area contributed by atoms with Gasteiger partial charge in [-0.3, -0.25) is 4.79 Å². The molecule has 1 aromatic rings. The van der Waals surface area contributed by atoms with E-state index in [9.17, 15) is 9.59 Å². The molecule has 96 valence electrons. The Morgan fingerprint density at radius 1 is 1.44 bits per heavy atom. The molecule has 0 aliphatic rings. The van der Waals surface area contributed by atoms with Crippen molar-refractivity contribution in [2.75, 3.05) is 13.2 Å².